The smallest absolute Gasteiger partial charge is 0.0808 e. The zero-order chi connectivity index (χ0) is 12.1. The molecule has 2 rings (SSSR count). The quantitative estimate of drug-likeness (QED) is 0.842. The van der Waals surface area contributed by atoms with Crippen LogP contribution in [0.15, 0.2) is 18.2 Å². The molecule has 3 nitrogen and oxygen atoms in total. The Hall–Kier alpha value is -0.770. The molecule has 2 N–H and O–H groups in total. The highest BCUT2D eigenvalue weighted by Gasteiger charge is 2.13. The fraction of sp³-hybridized carbons (Fsp3) is 0.538. The molecular formula is C13H18ClNO2. The van der Waals surface area contributed by atoms with Gasteiger partial charge >= 0.3 is 0 Å². The fourth-order valence-corrected chi connectivity index (χ4v) is 2.12. The normalized spacial score (nSPS) is 20.4. The SMILES string of the molecule is Nc1cc(Cl)ccc1COCC1CCCCO1. The molecule has 0 radical (unpaired) electrons. The first-order valence-corrected chi connectivity index (χ1v) is 6.37. The number of nitrogens with two attached hydrogens (primary N) is 1. The molecule has 0 spiro atoms. The second kappa shape index (κ2) is 6.24. The molecule has 94 valence electrons. The summed E-state index contributed by atoms with van der Waals surface area (Å²) < 4.78 is 11.2. The maximum Gasteiger partial charge on any atom is 0.0808 e. The van der Waals surface area contributed by atoms with E-state index in [0.29, 0.717) is 23.9 Å². The zero-order valence-corrected chi connectivity index (χ0v) is 10.6. The molecule has 1 unspecified atom stereocenters. The Morgan fingerprint density at radius 3 is 3.00 bits per heavy atom. The number of halogens is 1. The lowest BCUT2D eigenvalue weighted by Gasteiger charge is -2.22. The van der Waals surface area contributed by atoms with E-state index < -0.39 is 0 Å². The molecule has 0 aliphatic carbocycles. The van der Waals surface area contributed by atoms with Crippen molar-refractivity contribution in [2.24, 2.45) is 0 Å². The maximum absolute atomic E-state index is 5.84. The van der Waals surface area contributed by atoms with Crippen molar-refractivity contribution >= 4 is 17.3 Å². The van der Waals surface area contributed by atoms with Gasteiger partial charge in [0.05, 0.1) is 19.3 Å². The van der Waals surface area contributed by atoms with Gasteiger partial charge in [0.1, 0.15) is 0 Å². The third-order valence-electron chi connectivity index (χ3n) is 2.94. The van der Waals surface area contributed by atoms with Crippen LogP contribution in [-0.4, -0.2) is 19.3 Å². The van der Waals surface area contributed by atoms with Crippen LogP contribution in [0.1, 0.15) is 24.8 Å². The lowest BCUT2D eigenvalue weighted by molar-refractivity contribution is -0.0446. The zero-order valence-electron chi connectivity index (χ0n) is 9.82. The van der Waals surface area contributed by atoms with Crippen LogP contribution in [0, 0.1) is 0 Å². The Balaban J connectivity index is 1.77. The van der Waals surface area contributed by atoms with E-state index in [9.17, 15) is 0 Å². The molecule has 1 aromatic carbocycles. The molecular weight excluding hydrogens is 238 g/mol. The topological polar surface area (TPSA) is 44.5 Å². The first-order valence-electron chi connectivity index (χ1n) is 5.99. The summed E-state index contributed by atoms with van der Waals surface area (Å²) >= 11 is 5.83. The van der Waals surface area contributed by atoms with Gasteiger partial charge in [0.25, 0.3) is 0 Å². The van der Waals surface area contributed by atoms with Gasteiger partial charge in [0.2, 0.25) is 0 Å². The summed E-state index contributed by atoms with van der Waals surface area (Å²) in [6.07, 6.45) is 3.74. The van der Waals surface area contributed by atoms with Crippen molar-refractivity contribution in [2.45, 2.75) is 32.0 Å². The summed E-state index contributed by atoms with van der Waals surface area (Å²) in [4.78, 5) is 0. The average Bonchev–Trinajstić information content (AvgIpc) is 2.33. The number of hydrogen-bond donors (Lipinski definition) is 1. The van der Waals surface area contributed by atoms with Crippen LogP contribution in [0.2, 0.25) is 5.02 Å². The van der Waals surface area contributed by atoms with Crippen LogP contribution in [-0.2, 0) is 16.1 Å². The number of nitrogen functional groups attached to an aromatic ring is 1. The Morgan fingerprint density at radius 1 is 1.41 bits per heavy atom. The van der Waals surface area contributed by atoms with E-state index >= 15 is 0 Å². The largest absolute Gasteiger partial charge is 0.398 e. The molecule has 1 saturated heterocycles. The van der Waals surface area contributed by atoms with Gasteiger partial charge in [0, 0.05) is 22.9 Å². The minimum Gasteiger partial charge on any atom is -0.398 e. The van der Waals surface area contributed by atoms with Gasteiger partial charge in [-0.05, 0) is 31.4 Å². The van der Waals surface area contributed by atoms with E-state index in [0.717, 1.165) is 18.6 Å². The number of benzene rings is 1. The first kappa shape index (κ1) is 12.7. The van der Waals surface area contributed by atoms with E-state index in [-0.39, 0.29) is 6.10 Å². The molecule has 1 aromatic rings. The Morgan fingerprint density at radius 2 is 2.29 bits per heavy atom. The predicted molar refractivity (Wildman–Crippen MR) is 69.1 cm³/mol. The molecule has 17 heavy (non-hydrogen) atoms. The number of anilines is 1. The van der Waals surface area contributed by atoms with Crippen LogP contribution < -0.4 is 5.73 Å². The molecule has 0 saturated carbocycles. The van der Waals surface area contributed by atoms with Crippen molar-refractivity contribution in [3.8, 4) is 0 Å². The molecule has 1 fully saturated rings. The minimum absolute atomic E-state index is 0.247. The third kappa shape index (κ3) is 3.87. The monoisotopic (exact) mass is 255 g/mol. The van der Waals surface area contributed by atoms with E-state index in [4.69, 9.17) is 26.8 Å². The Bertz CT molecular complexity index is 364. The van der Waals surface area contributed by atoms with Crippen molar-refractivity contribution in [1.82, 2.24) is 0 Å². The van der Waals surface area contributed by atoms with E-state index in [1.807, 2.05) is 12.1 Å². The molecule has 0 amide bonds. The highest BCUT2D eigenvalue weighted by atomic mass is 35.5. The highest BCUT2D eigenvalue weighted by molar-refractivity contribution is 6.30. The molecule has 1 aliphatic rings. The lowest BCUT2D eigenvalue weighted by atomic mass is 10.1. The summed E-state index contributed by atoms with van der Waals surface area (Å²) in [5, 5.41) is 0.655. The second-order valence-corrected chi connectivity index (χ2v) is 4.78. The Kier molecular flexibility index (Phi) is 4.66. The molecule has 1 heterocycles. The van der Waals surface area contributed by atoms with Gasteiger partial charge in [-0.3, -0.25) is 0 Å². The first-order chi connectivity index (χ1) is 8.25. The summed E-state index contributed by atoms with van der Waals surface area (Å²) in [6, 6.07) is 5.48. The summed E-state index contributed by atoms with van der Waals surface area (Å²) in [6.45, 7) is 2.02. The van der Waals surface area contributed by atoms with E-state index in [1.54, 1.807) is 6.07 Å². The molecule has 1 aliphatic heterocycles. The van der Waals surface area contributed by atoms with Gasteiger partial charge in [-0.2, -0.15) is 0 Å². The maximum atomic E-state index is 5.84. The van der Waals surface area contributed by atoms with Crippen LogP contribution in [0.3, 0.4) is 0 Å². The molecule has 1 atom stereocenters. The van der Waals surface area contributed by atoms with Crippen molar-refractivity contribution < 1.29 is 9.47 Å². The molecule has 0 aromatic heterocycles. The molecule has 4 heteroatoms. The van der Waals surface area contributed by atoms with Crippen molar-refractivity contribution in [3.05, 3.63) is 28.8 Å². The minimum atomic E-state index is 0.247. The van der Waals surface area contributed by atoms with Crippen LogP contribution >= 0.6 is 11.6 Å². The van der Waals surface area contributed by atoms with Gasteiger partial charge < -0.3 is 15.2 Å². The Labute approximate surface area is 107 Å². The number of rotatable bonds is 4. The molecule has 0 bridgehead atoms. The average molecular weight is 256 g/mol. The summed E-state index contributed by atoms with van der Waals surface area (Å²) in [5.41, 5.74) is 7.50. The third-order valence-corrected chi connectivity index (χ3v) is 3.18. The second-order valence-electron chi connectivity index (χ2n) is 4.35. The number of ether oxygens (including phenoxy) is 2. The van der Waals surface area contributed by atoms with Crippen molar-refractivity contribution in [2.75, 3.05) is 18.9 Å². The standard InChI is InChI=1S/C13H18ClNO2/c14-11-5-4-10(13(15)7-11)8-16-9-12-3-1-2-6-17-12/h4-5,7,12H,1-3,6,8-9,15H2. The summed E-state index contributed by atoms with van der Waals surface area (Å²) in [7, 11) is 0. The van der Waals surface area contributed by atoms with Gasteiger partial charge in [-0.25, -0.2) is 0 Å². The predicted octanol–water partition coefficient (Wildman–Crippen LogP) is 3.01. The van der Waals surface area contributed by atoms with Crippen molar-refractivity contribution in [3.63, 3.8) is 0 Å². The van der Waals surface area contributed by atoms with Crippen LogP contribution in [0.5, 0.6) is 0 Å². The van der Waals surface area contributed by atoms with Crippen LogP contribution in [0.25, 0.3) is 0 Å². The van der Waals surface area contributed by atoms with E-state index in [2.05, 4.69) is 0 Å². The summed E-state index contributed by atoms with van der Waals surface area (Å²) in [5.74, 6) is 0. The fourth-order valence-electron chi connectivity index (χ4n) is 1.94. The van der Waals surface area contributed by atoms with Crippen molar-refractivity contribution in [1.29, 1.82) is 0 Å². The van der Waals surface area contributed by atoms with Crippen LogP contribution in [0.4, 0.5) is 5.69 Å². The number of hydrogen-bond acceptors (Lipinski definition) is 3. The van der Waals surface area contributed by atoms with Gasteiger partial charge in [-0.1, -0.05) is 17.7 Å². The highest BCUT2D eigenvalue weighted by Crippen LogP contribution is 2.19. The van der Waals surface area contributed by atoms with E-state index in [1.165, 1.54) is 12.8 Å². The van der Waals surface area contributed by atoms with Gasteiger partial charge in [-0.15, -0.1) is 0 Å². The lowest BCUT2D eigenvalue weighted by Crippen LogP contribution is -2.24. The van der Waals surface area contributed by atoms with Gasteiger partial charge in [0.15, 0.2) is 0 Å².